The van der Waals surface area contributed by atoms with Gasteiger partial charge in [0.15, 0.2) is 5.78 Å². The Morgan fingerprint density at radius 3 is 2.61 bits per heavy atom. The smallest absolute Gasteiger partial charge is 0.163 e. The lowest BCUT2D eigenvalue weighted by Gasteiger charge is -2.36. The maximum absolute atomic E-state index is 11.6. The second-order valence-electron chi connectivity index (χ2n) is 5.18. The highest BCUT2D eigenvalue weighted by Crippen LogP contribution is 2.28. The molecule has 2 aliphatic rings. The van der Waals surface area contributed by atoms with Gasteiger partial charge in [0.2, 0.25) is 0 Å². The molecule has 3 rings (SSSR count). The molecule has 0 amide bonds. The SMILES string of the molecule is CC(=O)c1cccnc1N1CCN(C2CC2)CC1. The maximum Gasteiger partial charge on any atom is 0.163 e. The largest absolute Gasteiger partial charge is 0.353 e. The minimum atomic E-state index is 0.0997. The Morgan fingerprint density at radius 1 is 1.28 bits per heavy atom. The fourth-order valence-electron chi connectivity index (χ4n) is 2.66. The Labute approximate surface area is 108 Å². The zero-order valence-corrected chi connectivity index (χ0v) is 10.8. The number of anilines is 1. The quantitative estimate of drug-likeness (QED) is 0.757. The first-order valence-electron chi connectivity index (χ1n) is 6.70. The summed E-state index contributed by atoms with van der Waals surface area (Å²) in [7, 11) is 0. The molecular weight excluding hydrogens is 226 g/mol. The van der Waals surface area contributed by atoms with Crippen molar-refractivity contribution in [2.45, 2.75) is 25.8 Å². The van der Waals surface area contributed by atoms with Gasteiger partial charge < -0.3 is 4.90 Å². The van der Waals surface area contributed by atoms with Gasteiger partial charge in [-0.05, 0) is 31.9 Å². The molecule has 0 spiro atoms. The van der Waals surface area contributed by atoms with E-state index in [4.69, 9.17) is 0 Å². The predicted molar refractivity (Wildman–Crippen MR) is 71.0 cm³/mol. The van der Waals surface area contributed by atoms with Crippen LogP contribution >= 0.6 is 0 Å². The van der Waals surface area contributed by atoms with Gasteiger partial charge in [-0.1, -0.05) is 0 Å². The highest BCUT2D eigenvalue weighted by Gasteiger charge is 2.31. The van der Waals surface area contributed by atoms with E-state index in [1.807, 2.05) is 12.1 Å². The number of hydrogen-bond donors (Lipinski definition) is 0. The van der Waals surface area contributed by atoms with E-state index in [1.165, 1.54) is 12.8 Å². The number of rotatable bonds is 3. The first-order valence-corrected chi connectivity index (χ1v) is 6.70. The molecule has 2 fully saturated rings. The Bertz CT molecular complexity index is 448. The summed E-state index contributed by atoms with van der Waals surface area (Å²) in [6.45, 7) is 5.76. The van der Waals surface area contributed by atoms with Crippen LogP contribution in [0.25, 0.3) is 0 Å². The molecule has 0 radical (unpaired) electrons. The molecule has 0 unspecified atom stereocenters. The van der Waals surface area contributed by atoms with Crippen molar-refractivity contribution in [3.05, 3.63) is 23.9 Å². The van der Waals surface area contributed by atoms with Crippen molar-refractivity contribution in [2.24, 2.45) is 0 Å². The van der Waals surface area contributed by atoms with E-state index in [-0.39, 0.29) is 5.78 Å². The highest BCUT2D eigenvalue weighted by atomic mass is 16.1. The zero-order chi connectivity index (χ0) is 12.5. The Morgan fingerprint density at radius 2 is 2.00 bits per heavy atom. The number of aromatic nitrogens is 1. The van der Waals surface area contributed by atoms with Gasteiger partial charge in [0, 0.05) is 38.4 Å². The van der Waals surface area contributed by atoms with Crippen LogP contribution < -0.4 is 4.90 Å². The summed E-state index contributed by atoms with van der Waals surface area (Å²) in [5.74, 6) is 0.961. The molecule has 1 aromatic heterocycles. The predicted octanol–water partition coefficient (Wildman–Crippen LogP) is 1.57. The summed E-state index contributed by atoms with van der Waals surface area (Å²) in [4.78, 5) is 20.8. The normalized spacial score (nSPS) is 21.1. The van der Waals surface area contributed by atoms with Crippen LogP contribution in [0.2, 0.25) is 0 Å². The molecule has 1 aliphatic heterocycles. The lowest BCUT2D eigenvalue weighted by Crippen LogP contribution is -2.47. The van der Waals surface area contributed by atoms with E-state index < -0.39 is 0 Å². The van der Waals surface area contributed by atoms with Crippen LogP contribution in [-0.4, -0.2) is 47.9 Å². The molecule has 0 atom stereocenters. The lowest BCUT2D eigenvalue weighted by atomic mass is 10.1. The minimum absolute atomic E-state index is 0.0997. The second kappa shape index (κ2) is 4.69. The van der Waals surface area contributed by atoms with Crippen LogP contribution in [0, 0.1) is 0 Å². The van der Waals surface area contributed by atoms with Gasteiger partial charge >= 0.3 is 0 Å². The van der Waals surface area contributed by atoms with Gasteiger partial charge in [-0.15, -0.1) is 0 Å². The standard InChI is InChI=1S/C14H19N3O/c1-11(18)13-3-2-6-15-14(13)17-9-7-16(8-10-17)12-4-5-12/h2-3,6,12H,4-5,7-10H2,1H3. The topological polar surface area (TPSA) is 36.4 Å². The van der Waals surface area contributed by atoms with Gasteiger partial charge in [-0.2, -0.15) is 0 Å². The fraction of sp³-hybridized carbons (Fsp3) is 0.571. The number of pyridine rings is 1. The minimum Gasteiger partial charge on any atom is -0.353 e. The third-order valence-corrected chi connectivity index (χ3v) is 3.84. The second-order valence-corrected chi connectivity index (χ2v) is 5.18. The molecule has 1 saturated heterocycles. The van der Waals surface area contributed by atoms with Gasteiger partial charge in [-0.25, -0.2) is 4.98 Å². The summed E-state index contributed by atoms with van der Waals surface area (Å²) in [5.41, 5.74) is 0.748. The van der Waals surface area contributed by atoms with E-state index in [9.17, 15) is 4.79 Å². The van der Waals surface area contributed by atoms with E-state index in [0.717, 1.165) is 43.6 Å². The third kappa shape index (κ3) is 2.25. The van der Waals surface area contributed by atoms with E-state index in [2.05, 4.69) is 14.8 Å². The maximum atomic E-state index is 11.6. The molecule has 2 heterocycles. The number of ketones is 1. The molecule has 1 aliphatic carbocycles. The summed E-state index contributed by atoms with van der Waals surface area (Å²) in [6.07, 6.45) is 4.50. The van der Waals surface area contributed by atoms with Crippen molar-refractivity contribution in [1.82, 2.24) is 9.88 Å². The van der Waals surface area contributed by atoms with Crippen LogP contribution in [0.4, 0.5) is 5.82 Å². The molecular formula is C14H19N3O. The average Bonchev–Trinajstić information content (AvgIpc) is 3.23. The lowest BCUT2D eigenvalue weighted by molar-refractivity contribution is 0.101. The van der Waals surface area contributed by atoms with Gasteiger partial charge in [0.05, 0.1) is 5.56 Å². The van der Waals surface area contributed by atoms with Crippen LogP contribution in [0.5, 0.6) is 0 Å². The van der Waals surface area contributed by atoms with Crippen LogP contribution in [0.3, 0.4) is 0 Å². The van der Waals surface area contributed by atoms with Crippen molar-refractivity contribution in [2.75, 3.05) is 31.1 Å². The van der Waals surface area contributed by atoms with Crippen molar-refractivity contribution >= 4 is 11.6 Å². The first-order chi connectivity index (χ1) is 8.75. The van der Waals surface area contributed by atoms with Crippen molar-refractivity contribution in [3.8, 4) is 0 Å². The molecule has 0 aromatic carbocycles. The highest BCUT2D eigenvalue weighted by molar-refractivity contribution is 5.98. The Kier molecular flexibility index (Phi) is 3.04. The molecule has 18 heavy (non-hydrogen) atoms. The third-order valence-electron chi connectivity index (χ3n) is 3.84. The van der Waals surface area contributed by atoms with E-state index in [1.54, 1.807) is 13.1 Å². The number of Topliss-reactive ketones (excluding diaryl/α,β-unsaturated/α-hetero) is 1. The molecule has 1 saturated carbocycles. The molecule has 0 bridgehead atoms. The van der Waals surface area contributed by atoms with Crippen LogP contribution in [0.1, 0.15) is 30.1 Å². The molecule has 4 nitrogen and oxygen atoms in total. The monoisotopic (exact) mass is 245 g/mol. The van der Waals surface area contributed by atoms with Gasteiger partial charge in [0.1, 0.15) is 5.82 Å². The number of piperazine rings is 1. The van der Waals surface area contributed by atoms with Crippen molar-refractivity contribution in [3.63, 3.8) is 0 Å². The number of nitrogens with zero attached hydrogens (tertiary/aromatic N) is 3. The molecule has 4 heteroatoms. The van der Waals surface area contributed by atoms with Crippen molar-refractivity contribution < 1.29 is 4.79 Å². The van der Waals surface area contributed by atoms with Gasteiger partial charge in [-0.3, -0.25) is 9.69 Å². The number of carbonyl (C=O) groups is 1. The van der Waals surface area contributed by atoms with Crippen LogP contribution in [-0.2, 0) is 0 Å². The number of hydrogen-bond acceptors (Lipinski definition) is 4. The van der Waals surface area contributed by atoms with E-state index >= 15 is 0 Å². The summed E-state index contributed by atoms with van der Waals surface area (Å²) >= 11 is 0. The van der Waals surface area contributed by atoms with Gasteiger partial charge in [0.25, 0.3) is 0 Å². The molecule has 1 aromatic rings. The first kappa shape index (κ1) is 11.7. The zero-order valence-electron chi connectivity index (χ0n) is 10.8. The summed E-state index contributed by atoms with van der Waals surface area (Å²) in [6, 6.07) is 4.54. The molecule has 96 valence electrons. The van der Waals surface area contributed by atoms with Crippen LogP contribution in [0.15, 0.2) is 18.3 Å². The van der Waals surface area contributed by atoms with Crippen molar-refractivity contribution in [1.29, 1.82) is 0 Å². The summed E-state index contributed by atoms with van der Waals surface area (Å²) < 4.78 is 0. The Balaban J connectivity index is 1.73. The summed E-state index contributed by atoms with van der Waals surface area (Å²) in [5, 5.41) is 0. The fourth-order valence-corrected chi connectivity index (χ4v) is 2.66. The average molecular weight is 245 g/mol. The Hall–Kier alpha value is -1.42. The van der Waals surface area contributed by atoms with E-state index in [0.29, 0.717) is 0 Å². The number of carbonyl (C=O) groups excluding carboxylic acids is 1. The molecule has 0 N–H and O–H groups in total.